The van der Waals surface area contributed by atoms with Gasteiger partial charge in [-0.2, -0.15) is 0 Å². The van der Waals surface area contributed by atoms with Gasteiger partial charge in [-0.15, -0.1) is 0 Å². The van der Waals surface area contributed by atoms with Crippen LogP contribution in [0.4, 0.5) is 0 Å². The zero-order valence-corrected chi connectivity index (χ0v) is 11.3. The van der Waals surface area contributed by atoms with Crippen molar-refractivity contribution in [2.24, 2.45) is 0 Å². The molecular weight excluding hydrogens is 220 g/mol. The average Bonchev–Trinajstić information content (AvgIpc) is 2.45. The van der Waals surface area contributed by atoms with Crippen molar-refractivity contribution in [1.82, 2.24) is 0 Å². The van der Waals surface area contributed by atoms with Gasteiger partial charge in [0.2, 0.25) is 0 Å². The zero-order valence-electron chi connectivity index (χ0n) is 11.3. The van der Waals surface area contributed by atoms with E-state index in [-0.39, 0.29) is 0 Å². The van der Waals surface area contributed by atoms with Crippen LogP contribution in [0.15, 0.2) is 6.07 Å². The lowest BCUT2D eigenvalue weighted by Gasteiger charge is -2.27. The topological polar surface area (TPSA) is 17.1 Å². The van der Waals surface area contributed by atoms with Gasteiger partial charge in [-0.05, 0) is 79.7 Å². The van der Waals surface area contributed by atoms with Crippen LogP contribution in [0.5, 0.6) is 0 Å². The maximum absolute atomic E-state index is 12.2. The summed E-state index contributed by atoms with van der Waals surface area (Å²) in [6, 6.07) is 2.24. The Morgan fingerprint density at radius 1 is 0.944 bits per heavy atom. The summed E-state index contributed by atoms with van der Waals surface area (Å²) in [6.45, 7) is 1.98. The minimum atomic E-state index is 0.349. The number of benzene rings is 1. The van der Waals surface area contributed by atoms with E-state index in [0.717, 1.165) is 12.0 Å². The third kappa shape index (κ3) is 1.90. The molecule has 0 amide bonds. The number of aryl methyl sites for hydroxylation is 1. The summed E-state index contributed by atoms with van der Waals surface area (Å²) in [5.41, 5.74) is 7.14. The Labute approximate surface area is 110 Å². The Bertz CT molecular complexity index is 485. The summed E-state index contributed by atoms with van der Waals surface area (Å²) >= 11 is 0. The summed E-state index contributed by atoms with van der Waals surface area (Å²) in [5, 5.41) is 0. The Morgan fingerprint density at radius 2 is 1.56 bits per heavy atom. The summed E-state index contributed by atoms with van der Waals surface area (Å²) in [7, 11) is 0. The highest BCUT2D eigenvalue weighted by Gasteiger charge is 2.23. The van der Waals surface area contributed by atoms with Gasteiger partial charge in [-0.3, -0.25) is 4.79 Å². The van der Waals surface area contributed by atoms with E-state index < -0.39 is 0 Å². The van der Waals surface area contributed by atoms with Crippen molar-refractivity contribution in [3.63, 3.8) is 0 Å². The zero-order chi connectivity index (χ0) is 12.5. The van der Waals surface area contributed by atoms with Gasteiger partial charge >= 0.3 is 0 Å². The number of hydrogen-bond donors (Lipinski definition) is 0. The Kier molecular flexibility index (Phi) is 3.23. The van der Waals surface area contributed by atoms with E-state index in [0.29, 0.717) is 12.2 Å². The van der Waals surface area contributed by atoms with Crippen molar-refractivity contribution in [3.8, 4) is 0 Å². The molecule has 0 unspecified atom stereocenters. The first-order chi connectivity index (χ1) is 8.81. The fraction of sp³-hybridized carbons (Fsp3) is 0.588. The molecule has 2 aliphatic carbocycles. The molecule has 0 saturated heterocycles. The van der Waals surface area contributed by atoms with Crippen LogP contribution in [0.3, 0.4) is 0 Å². The molecule has 1 aromatic rings. The van der Waals surface area contributed by atoms with Crippen LogP contribution >= 0.6 is 0 Å². The number of hydrogen-bond acceptors (Lipinski definition) is 1. The van der Waals surface area contributed by atoms with Crippen molar-refractivity contribution in [1.29, 1.82) is 0 Å². The monoisotopic (exact) mass is 242 g/mol. The van der Waals surface area contributed by atoms with Crippen molar-refractivity contribution in [2.45, 2.75) is 64.7 Å². The molecule has 1 nitrogen and oxygen atoms in total. The largest absolute Gasteiger partial charge is 0.294 e. The molecule has 0 bridgehead atoms. The fourth-order valence-electron chi connectivity index (χ4n) is 3.67. The van der Waals surface area contributed by atoms with Crippen molar-refractivity contribution >= 4 is 5.78 Å². The number of carbonyl (C=O) groups is 1. The van der Waals surface area contributed by atoms with Gasteiger partial charge in [-0.25, -0.2) is 0 Å². The van der Waals surface area contributed by atoms with Gasteiger partial charge in [0.1, 0.15) is 0 Å². The van der Waals surface area contributed by atoms with Crippen molar-refractivity contribution in [3.05, 3.63) is 33.9 Å². The van der Waals surface area contributed by atoms with Crippen LogP contribution in [-0.2, 0) is 25.7 Å². The molecule has 0 spiro atoms. The molecule has 0 fully saturated rings. The molecule has 0 saturated carbocycles. The van der Waals surface area contributed by atoms with Crippen LogP contribution in [0.2, 0.25) is 0 Å². The number of carbonyl (C=O) groups excluding carboxylic acids is 1. The highest BCUT2D eigenvalue weighted by Crippen LogP contribution is 2.34. The second-order valence-electron chi connectivity index (χ2n) is 5.71. The molecular formula is C17H22O. The number of ketones is 1. The lowest BCUT2D eigenvalue weighted by atomic mass is 9.77. The third-order valence-corrected chi connectivity index (χ3v) is 4.61. The molecule has 3 rings (SSSR count). The molecule has 18 heavy (non-hydrogen) atoms. The van der Waals surface area contributed by atoms with Crippen LogP contribution in [-0.4, -0.2) is 5.78 Å². The van der Waals surface area contributed by atoms with E-state index in [1.54, 1.807) is 11.1 Å². The van der Waals surface area contributed by atoms with E-state index in [4.69, 9.17) is 0 Å². The molecule has 0 aromatic heterocycles. The highest BCUT2D eigenvalue weighted by molar-refractivity contribution is 5.98. The summed E-state index contributed by atoms with van der Waals surface area (Å²) in [4.78, 5) is 12.2. The maximum atomic E-state index is 12.2. The van der Waals surface area contributed by atoms with Crippen LogP contribution in [0.25, 0.3) is 0 Å². The Balaban J connectivity index is 2.18. The molecule has 2 aliphatic rings. The van der Waals surface area contributed by atoms with Gasteiger partial charge in [0.05, 0.1) is 0 Å². The fourth-order valence-corrected chi connectivity index (χ4v) is 3.67. The Hall–Kier alpha value is -1.11. The van der Waals surface area contributed by atoms with Crippen molar-refractivity contribution < 1.29 is 4.79 Å². The summed E-state index contributed by atoms with van der Waals surface area (Å²) in [6.07, 6.45) is 10.6. The predicted molar refractivity (Wildman–Crippen MR) is 74.3 cm³/mol. The summed E-state index contributed by atoms with van der Waals surface area (Å²) in [5.74, 6) is 0.349. The summed E-state index contributed by atoms with van der Waals surface area (Å²) < 4.78 is 0. The van der Waals surface area contributed by atoms with Gasteiger partial charge in [-0.1, -0.05) is 6.92 Å². The predicted octanol–water partition coefficient (Wildman–Crippen LogP) is 4.04. The highest BCUT2D eigenvalue weighted by atomic mass is 16.1. The van der Waals surface area contributed by atoms with E-state index in [1.807, 2.05) is 6.92 Å². The first kappa shape index (κ1) is 12.0. The first-order valence-corrected chi connectivity index (χ1v) is 7.51. The lowest BCUT2D eigenvalue weighted by molar-refractivity contribution is 0.0987. The lowest BCUT2D eigenvalue weighted by Crippen LogP contribution is -2.17. The van der Waals surface area contributed by atoms with E-state index in [9.17, 15) is 4.79 Å². The molecule has 1 heteroatoms. The maximum Gasteiger partial charge on any atom is 0.162 e. The molecule has 0 aliphatic heterocycles. The molecule has 1 aromatic carbocycles. The van der Waals surface area contributed by atoms with E-state index >= 15 is 0 Å². The molecule has 96 valence electrons. The van der Waals surface area contributed by atoms with Crippen molar-refractivity contribution in [2.75, 3.05) is 0 Å². The standard InChI is InChI=1S/C17H22O/c1-2-17(18)16-11-12-7-3-4-8-13(12)14-9-5-6-10-15(14)16/h11H,2-10H2,1H3. The normalized spacial score (nSPS) is 18.1. The molecule has 0 N–H and O–H groups in total. The smallest absolute Gasteiger partial charge is 0.162 e. The number of Topliss-reactive ketones (excluding diaryl/α,β-unsaturated/α-hetero) is 1. The van der Waals surface area contributed by atoms with Gasteiger partial charge < -0.3 is 0 Å². The van der Waals surface area contributed by atoms with E-state index in [2.05, 4.69) is 6.07 Å². The van der Waals surface area contributed by atoms with Gasteiger partial charge in [0, 0.05) is 12.0 Å². The van der Waals surface area contributed by atoms with Crippen LogP contribution < -0.4 is 0 Å². The minimum Gasteiger partial charge on any atom is -0.294 e. The van der Waals surface area contributed by atoms with E-state index in [1.165, 1.54) is 56.1 Å². The second-order valence-corrected chi connectivity index (χ2v) is 5.71. The SMILES string of the molecule is CCC(=O)c1cc2c(c3c1CCCC3)CCCC2. The minimum absolute atomic E-state index is 0.349. The average molecular weight is 242 g/mol. The quantitative estimate of drug-likeness (QED) is 0.715. The first-order valence-electron chi connectivity index (χ1n) is 7.51. The molecule has 0 radical (unpaired) electrons. The number of fused-ring (bicyclic) bond motifs is 3. The van der Waals surface area contributed by atoms with Gasteiger partial charge in [0.25, 0.3) is 0 Å². The number of rotatable bonds is 2. The molecule has 0 atom stereocenters. The van der Waals surface area contributed by atoms with Crippen LogP contribution in [0.1, 0.15) is 71.6 Å². The van der Waals surface area contributed by atoms with Gasteiger partial charge in [0.15, 0.2) is 5.78 Å². The second kappa shape index (κ2) is 4.87. The molecule has 0 heterocycles. The van der Waals surface area contributed by atoms with Crippen LogP contribution in [0, 0.1) is 0 Å². The Morgan fingerprint density at radius 3 is 2.28 bits per heavy atom. The third-order valence-electron chi connectivity index (χ3n) is 4.61.